The highest BCUT2D eigenvalue weighted by Gasteiger charge is 2.02. The molecule has 1 aromatic rings. The first-order chi connectivity index (χ1) is 7.24. The van der Waals surface area contributed by atoms with Crippen molar-refractivity contribution in [3.63, 3.8) is 0 Å². The van der Waals surface area contributed by atoms with E-state index < -0.39 is 0 Å². The van der Waals surface area contributed by atoms with Crippen molar-refractivity contribution in [2.75, 3.05) is 6.54 Å². The second kappa shape index (κ2) is 6.65. The average Bonchev–Trinajstić information content (AvgIpc) is 2.25. The maximum absolute atomic E-state index is 5.83. The molecule has 0 heterocycles. The Morgan fingerprint density at radius 1 is 1.40 bits per heavy atom. The first kappa shape index (κ1) is 12.3. The van der Waals surface area contributed by atoms with E-state index in [9.17, 15) is 0 Å². The molecule has 1 nitrogen and oxygen atoms in total. The highest BCUT2D eigenvalue weighted by molar-refractivity contribution is 6.30. The van der Waals surface area contributed by atoms with Crippen molar-refractivity contribution in [2.24, 2.45) is 0 Å². The van der Waals surface area contributed by atoms with Gasteiger partial charge in [0.2, 0.25) is 0 Å². The molecule has 0 aliphatic rings. The minimum absolute atomic E-state index is 0.382. The van der Waals surface area contributed by atoms with E-state index in [1.807, 2.05) is 18.2 Å². The fourth-order valence-corrected chi connectivity index (χ4v) is 1.56. The highest BCUT2D eigenvalue weighted by Crippen LogP contribution is 2.15. The third-order valence-electron chi connectivity index (χ3n) is 2.41. The molecule has 0 aliphatic heterocycles. The summed E-state index contributed by atoms with van der Waals surface area (Å²) in [6, 6.07) is 8.37. The quantitative estimate of drug-likeness (QED) is 0.569. The summed E-state index contributed by atoms with van der Waals surface area (Å²) in [5, 5.41) is 4.25. The predicted molar refractivity (Wildman–Crippen MR) is 67.3 cm³/mol. The van der Waals surface area contributed by atoms with Gasteiger partial charge >= 0.3 is 0 Å². The summed E-state index contributed by atoms with van der Waals surface area (Å²) in [5.41, 5.74) is 1.28. The minimum atomic E-state index is 0.382. The number of nitrogens with one attached hydrogen (secondary N) is 1. The molecule has 1 rings (SSSR count). The molecule has 0 radical (unpaired) electrons. The molecule has 0 saturated carbocycles. The Hall–Kier alpha value is -0.790. The molecule has 0 bridgehead atoms. The van der Waals surface area contributed by atoms with Gasteiger partial charge in [-0.3, -0.25) is 0 Å². The largest absolute Gasteiger partial charge is 0.310 e. The van der Waals surface area contributed by atoms with Crippen LogP contribution in [0.25, 0.3) is 0 Å². The Morgan fingerprint density at radius 3 is 2.67 bits per heavy atom. The number of allylic oxidation sites excluding steroid dienone is 1. The van der Waals surface area contributed by atoms with Crippen molar-refractivity contribution >= 4 is 11.6 Å². The Morgan fingerprint density at radius 2 is 2.07 bits per heavy atom. The molecule has 0 amide bonds. The molecule has 0 saturated heterocycles. The van der Waals surface area contributed by atoms with Crippen molar-refractivity contribution in [3.05, 3.63) is 47.5 Å². The normalized spacial score (nSPS) is 12.4. The summed E-state index contributed by atoms with van der Waals surface area (Å²) in [4.78, 5) is 0. The van der Waals surface area contributed by atoms with Crippen LogP contribution in [0.1, 0.15) is 31.4 Å². The standard InChI is InChI=1S/C13H18ClN/c1-3-4-5-10-15-11(2)12-6-8-13(14)9-7-12/h3,6-9,11,15H,1,4-5,10H2,2H3. The maximum Gasteiger partial charge on any atom is 0.0406 e. The third-order valence-corrected chi connectivity index (χ3v) is 2.66. The molecule has 0 spiro atoms. The van der Waals surface area contributed by atoms with E-state index in [1.165, 1.54) is 5.56 Å². The van der Waals surface area contributed by atoms with Gasteiger partial charge in [0.05, 0.1) is 0 Å². The van der Waals surface area contributed by atoms with Crippen LogP contribution in [0.2, 0.25) is 5.02 Å². The van der Waals surface area contributed by atoms with Crippen LogP contribution in [-0.2, 0) is 0 Å². The lowest BCUT2D eigenvalue weighted by Gasteiger charge is -2.13. The predicted octanol–water partition coefficient (Wildman–Crippen LogP) is 3.96. The lowest BCUT2D eigenvalue weighted by atomic mass is 10.1. The number of hydrogen-bond donors (Lipinski definition) is 1. The van der Waals surface area contributed by atoms with Gasteiger partial charge in [0, 0.05) is 11.1 Å². The molecule has 0 aliphatic carbocycles. The van der Waals surface area contributed by atoms with Crippen LogP contribution in [0.15, 0.2) is 36.9 Å². The average molecular weight is 224 g/mol. The van der Waals surface area contributed by atoms with Gasteiger partial charge in [-0.1, -0.05) is 29.8 Å². The van der Waals surface area contributed by atoms with Crippen molar-refractivity contribution in [2.45, 2.75) is 25.8 Å². The van der Waals surface area contributed by atoms with Crippen LogP contribution in [-0.4, -0.2) is 6.54 Å². The van der Waals surface area contributed by atoms with E-state index >= 15 is 0 Å². The van der Waals surface area contributed by atoms with Gasteiger partial charge in [0.15, 0.2) is 0 Å². The van der Waals surface area contributed by atoms with E-state index in [1.54, 1.807) is 0 Å². The molecule has 0 fully saturated rings. The molecule has 2 heteroatoms. The summed E-state index contributed by atoms with van der Waals surface area (Å²) < 4.78 is 0. The zero-order valence-electron chi connectivity index (χ0n) is 9.17. The van der Waals surface area contributed by atoms with Crippen LogP contribution >= 0.6 is 11.6 Å². The summed E-state index contributed by atoms with van der Waals surface area (Å²) in [5.74, 6) is 0. The summed E-state index contributed by atoms with van der Waals surface area (Å²) >= 11 is 5.83. The zero-order valence-corrected chi connectivity index (χ0v) is 9.93. The Balaban J connectivity index is 2.36. The molecule has 1 atom stereocenters. The van der Waals surface area contributed by atoms with Gasteiger partial charge in [0.25, 0.3) is 0 Å². The molecule has 1 N–H and O–H groups in total. The van der Waals surface area contributed by atoms with Gasteiger partial charge in [0.1, 0.15) is 0 Å². The van der Waals surface area contributed by atoms with Crippen molar-refractivity contribution in [1.29, 1.82) is 0 Å². The van der Waals surface area contributed by atoms with Gasteiger partial charge in [-0.2, -0.15) is 0 Å². The SMILES string of the molecule is C=CCCCNC(C)c1ccc(Cl)cc1. The van der Waals surface area contributed by atoms with Crippen LogP contribution in [0, 0.1) is 0 Å². The van der Waals surface area contributed by atoms with Crippen molar-refractivity contribution in [1.82, 2.24) is 5.32 Å². The Labute approximate surface area is 97.1 Å². The lowest BCUT2D eigenvalue weighted by molar-refractivity contribution is 0.561. The van der Waals surface area contributed by atoms with Crippen LogP contribution in [0.3, 0.4) is 0 Å². The first-order valence-corrected chi connectivity index (χ1v) is 5.71. The maximum atomic E-state index is 5.83. The van der Waals surface area contributed by atoms with Gasteiger partial charge < -0.3 is 5.32 Å². The van der Waals surface area contributed by atoms with E-state index in [0.29, 0.717) is 6.04 Å². The van der Waals surface area contributed by atoms with Crippen LogP contribution < -0.4 is 5.32 Å². The molecule has 1 aromatic carbocycles. The molecule has 82 valence electrons. The van der Waals surface area contributed by atoms with E-state index in [0.717, 1.165) is 24.4 Å². The van der Waals surface area contributed by atoms with Gasteiger partial charge in [-0.05, 0) is 44.0 Å². The molecular weight excluding hydrogens is 206 g/mol. The molecule has 0 aromatic heterocycles. The second-order valence-electron chi connectivity index (χ2n) is 3.66. The second-order valence-corrected chi connectivity index (χ2v) is 4.09. The Bertz CT molecular complexity index is 292. The topological polar surface area (TPSA) is 12.0 Å². The molecule has 15 heavy (non-hydrogen) atoms. The fraction of sp³-hybridized carbons (Fsp3) is 0.385. The minimum Gasteiger partial charge on any atom is -0.310 e. The van der Waals surface area contributed by atoms with Gasteiger partial charge in [-0.25, -0.2) is 0 Å². The number of halogens is 1. The summed E-state index contributed by atoms with van der Waals surface area (Å²) in [6.45, 7) is 6.89. The number of benzene rings is 1. The smallest absolute Gasteiger partial charge is 0.0406 e. The van der Waals surface area contributed by atoms with Crippen molar-refractivity contribution in [3.8, 4) is 0 Å². The zero-order chi connectivity index (χ0) is 11.1. The number of unbranched alkanes of at least 4 members (excludes halogenated alkanes) is 1. The van der Waals surface area contributed by atoms with E-state index in [-0.39, 0.29) is 0 Å². The Kier molecular flexibility index (Phi) is 5.44. The summed E-state index contributed by atoms with van der Waals surface area (Å²) in [7, 11) is 0. The number of rotatable bonds is 6. The lowest BCUT2D eigenvalue weighted by Crippen LogP contribution is -2.19. The number of hydrogen-bond acceptors (Lipinski definition) is 1. The molecule has 1 unspecified atom stereocenters. The van der Waals surface area contributed by atoms with E-state index in [4.69, 9.17) is 11.6 Å². The van der Waals surface area contributed by atoms with E-state index in [2.05, 4.69) is 31.0 Å². The van der Waals surface area contributed by atoms with Crippen molar-refractivity contribution < 1.29 is 0 Å². The van der Waals surface area contributed by atoms with Crippen LogP contribution in [0.5, 0.6) is 0 Å². The first-order valence-electron chi connectivity index (χ1n) is 5.34. The fourth-order valence-electron chi connectivity index (χ4n) is 1.43. The van der Waals surface area contributed by atoms with Gasteiger partial charge in [-0.15, -0.1) is 6.58 Å². The molecular formula is C13H18ClN. The summed E-state index contributed by atoms with van der Waals surface area (Å²) in [6.07, 6.45) is 4.16. The van der Waals surface area contributed by atoms with Crippen LogP contribution in [0.4, 0.5) is 0 Å². The highest BCUT2D eigenvalue weighted by atomic mass is 35.5. The third kappa shape index (κ3) is 4.50. The monoisotopic (exact) mass is 223 g/mol.